The quantitative estimate of drug-likeness (QED) is 0.739. The SMILES string of the molecule is Fc1cccc(CNc2ncc3[nH]cnc3n2)c1. The third-order valence-corrected chi connectivity index (χ3v) is 2.52. The molecule has 0 fully saturated rings. The van der Waals surface area contributed by atoms with Crippen LogP contribution in [0.2, 0.25) is 0 Å². The van der Waals surface area contributed by atoms with E-state index in [9.17, 15) is 4.39 Å². The molecule has 0 atom stereocenters. The summed E-state index contributed by atoms with van der Waals surface area (Å²) in [7, 11) is 0. The lowest BCUT2D eigenvalue weighted by Gasteiger charge is -2.04. The second kappa shape index (κ2) is 4.40. The molecular formula is C12H10FN5. The Hall–Kier alpha value is -2.50. The molecule has 0 radical (unpaired) electrons. The highest BCUT2D eigenvalue weighted by Gasteiger charge is 2.01. The van der Waals surface area contributed by atoms with Crippen LogP contribution in [-0.2, 0) is 6.54 Å². The maximum atomic E-state index is 13.0. The summed E-state index contributed by atoms with van der Waals surface area (Å²) < 4.78 is 13.0. The van der Waals surface area contributed by atoms with Crippen molar-refractivity contribution in [1.82, 2.24) is 19.9 Å². The van der Waals surface area contributed by atoms with Gasteiger partial charge in [-0.25, -0.2) is 14.4 Å². The zero-order chi connectivity index (χ0) is 12.4. The molecule has 0 unspecified atom stereocenters. The fourth-order valence-electron chi connectivity index (χ4n) is 1.65. The largest absolute Gasteiger partial charge is 0.350 e. The highest BCUT2D eigenvalue weighted by molar-refractivity contribution is 5.69. The number of rotatable bonds is 3. The molecule has 2 heterocycles. The van der Waals surface area contributed by atoms with Crippen LogP contribution in [-0.4, -0.2) is 19.9 Å². The molecule has 2 N–H and O–H groups in total. The van der Waals surface area contributed by atoms with Gasteiger partial charge in [0.1, 0.15) is 11.3 Å². The molecule has 3 rings (SSSR count). The smallest absolute Gasteiger partial charge is 0.225 e. The van der Waals surface area contributed by atoms with E-state index >= 15 is 0 Å². The molecule has 0 amide bonds. The van der Waals surface area contributed by atoms with E-state index in [1.54, 1.807) is 18.6 Å². The average molecular weight is 243 g/mol. The van der Waals surface area contributed by atoms with E-state index in [0.29, 0.717) is 18.1 Å². The number of nitrogens with one attached hydrogen (secondary N) is 2. The number of nitrogens with zero attached hydrogens (tertiary/aromatic N) is 3. The van der Waals surface area contributed by atoms with Crippen LogP contribution in [0.1, 0.15) is 5.56 Å². The molecule has 3 aromatic rings. The van der Waals surface area contributed by atoms with Gasteiger partial charge in [0, 0.05) is 6.54 Å². The van der Waals surface area contributed by atoms with Gasteiger partial charge in [-0.05, 0) is 17.7 Å². The highest BCUT2D eigenvalue weighted by Crippen LogP contribution is 2.09. The fourth-order valence-corrected chi connectivity index (χ4v) is 1.65. The summed E-state index contributed by atoms with van der Waals surface area (Å²) in [4.78, 5) is 15.3. The van der Waals surface area contributed by atoms with Gasteiger partial charge in [-0.1, -0.05) is 12.1 Å². The second-order valence-corrected chi connectivity index (χ2v) is 3.82. The number of anilines is 1. The Morgan fingerprint density at radius 2 is 2.22 bits per heavy atom. The van der Waals surface area contributed by atoms with Crippen LogP contribution in [0.15, 0.2) is 36.8 Å². The minimum absolute atomic E-state index is 0.252. The molecule has 6 heteroatoms. The van der Waals surface area contributed by atoms with Gasteiger partial charge in [0.05, 0.1) is 12.5 Å². The van der Waals surface area contributed by atoms with Crippen molar-refractivity contribution < 1.29 is 4.39 Å². The Bertz CT molecular complexity index is 679. The number of fused-ring (bicyclic) bond motifs is 1. The van der Waals surface area contributed by atoms with Gasteiger partial charge >= 0.3 is 0 Å². The number of imidazole rings is 1. The van der Waals surface area contributed by atoms with Crippen molar-refractivity contribution in [1.29, 1.82) is 0 Å². The zero-order valence-corrected chi connectivity index (χ0v) is 9.39. The fraction of sp³-hybridized carbons (Fsp3) is 0.0833. The van der Waals surface area contributed by atoms with E-state index in [2.05, 4.69) is 25.3 Å². The predicted molar refractivity (Wildman–Crippen MR) is 65.4 cm³/mol. The molecule has 0 aliphatic heterocycles. The topological polar surface area (TPSA) is 66.5 Å². The molecule has 18 heavy (non-hydrogen) atoms. The first kappa shape index (κ1) is 10.6. The number of H-pyrrole nitrogens is 1. The Morgan fingerprint density at radius 1 is 1.28 bits per heavy atom. The zero-order valence-electron chi connectivity index (χ0n) is 9.39. The first-order valence-corrected chi connectivity index (χ1v) is 5.46. The lowest BCUT2D eigenvalue weighted by atomic mass is 10.2. The summed E-state index contributed by atoms with van der Waals surface area (Å²) in [6.45, 7) is 0.466. The number of aromatic amines is 1. The Labute approximate surface area is 102 Å². The number of aromatic nitrogens is 4. The Balaban J connectivity index is 1.76. The summed E-state index contributed by atoms with van der Waals surface area (Å²) in [6, 6.07) is 6.39. The summed E-state index contributed by atoms with van der Waals surface area (Å²) in [5, 5.41) is 3.03. The third-order valence-electron chi connectivity index (χ3n) is 2.52. The van der Waals surface area contributed by atoms with E-state index in [0.717, 1.165) is 11.1 Å². The van der Waals surface area contributed by atoms with E-state index in [-0.39, 0.29) is 5.82 Å². The lowest BCUT2D eigenvalue weighted by Crippen LogP contribution is -2.03. The molecule has 0 aliphatic rings. The van der Waals surface area contributed by atoms with Gasteiger partial charge < -0.3 is 10.3 Å². The molecule has 90 valence electrons. The van der Waals surface area contributed by atoms with Crippen molar-refractivity contribution in [3.8, 4) is 0 Å². The van der Waals surface area contributed by atoms with Crippen LogP contribution < -0.4 is 5.32 Å². The number of benzene rings is 1. The highest BCUT2D eigenvalue weighted by atomic mass is 19.1. The molecule has 0 saturated carbocycles. The molecule has 2 aromatic heterocycles. The van der Waals surface area contributed by atoms with Crippen LogP contribution in [0.4, 0.5) is 10.3 Å². The van der Waals surface area contributed by atoms with Crippen LogP contribution in [0, 0.1) is 5.82 Å². The molecule has 0 spiro atoms. The number of halogens is 1. The van der Waals surface area contributed by atoms with Crippen molar-refractivity contribution in [3.05, 3.63) is 48.2 Å². The normalized spacial score (nSPS) is 10.7. The molecule has 0 bridgehead atoms. The lowest BCUT2D eigenvalue weighted by molar-refractivity contribution is 0.626. The van der Waals surface area contributed by atoms with Crippen molar-refractivity contribution in [3.63, 3.8) is 0 Å². The summed E-state index contributed by atoms with van der Waals surface area (Å²) >= 11 is 0. The second-order valence-electron chi connectivity index (χ2n) is 3.82. The summed E-state index contributed by atoms with van der Waals surface area (Å²) in [5.74, 6) is 0.219. The maximum absolute atomic E-state index is 13.0. The van der Waals surface area contributed by atoms with Gasteiger partial charge in [0.15, 0.2) is 5.65 Å². The predicted octanol–water partition coefficient (Wildman–Crippen LogP) is 2.10. The van der Waals surface area contributed by atoms with Gasteiger partial charge in [-0.3, -0.25) is 0 Å². The minimum Gasteiger partial charge on any atom is -0.350 e. The number of hydrogen-bond donors (Lipinski definition) is 2. The number of hydrogen-bond acceptors (Lipinski definition) is 4. The Morgan fingerprint density at radius 3 is 3.11 bits per heavy atom. The first-order valence-electron chi connectivity index (χ1n) is 5.46. The first-order chi connectivity index (χ1) is 8.81. The van der Waals surface area contributed by atoms with Crippen molar-refractivity contribution in [2.45, 2.75) is 6.54 Å². The molecule has 5 nitrogen and oxygen atoms in total. The van der Waals surface area contributed by atoms with Crippen molar-refractivity contribution >= 4 is 17.1 Å². The van der Waals surface area contributed by atoms with Crippen LogP contribution in [0.3, 0.4) is 0 Å². The van der Waals surface area contributed by atoms with E-state index in [1.807, 2.05) is 6.07 Å². The average Bonchev–Trinajstić information content (AvgIpc) is 2.84. The third kappa shape index (κ3) is 2.13. The van der Waals surface area contributed by atoms with Crippen molar-refractivity contribution in [2.75, 3.05) is 5.32 Å². The Kier molecular flexibility index (Phi) is 2.60. The van der Waals surface area contributed by atoms with E-state index in [4.69, 9.17) is 0 Å². The standard InChI is InChI=1S/C12H10FN5/c13-9-3-1-2-8(4-9)5-14-12-15-6-10-11(18-12)17-7-16-10/h1-4,6-7H,5H2,(H2,14,15,16,17,18). The van der Waals surface area contributed by atoms with Crippen LogP contribution in [0.25, 0.3) is 11.2 Å². The molecular weight excluding hydrogens is 233 g/mol. The summed E-state index contributed by atoms with van der Waals surface area (Å²) in [5.41, 5.74) is 2.22. The van der Waals surface area contributed by atoms with Gasteiger partial charge in [-0.15, -0.1) is 0 Å². The monoisotopic (exact) mass is 243 g/mol. The van der Waals surface area contributed by atoms with E-state index < -0.39 is 0 Å². The van der Waals surface area contributed by atoms with E-state index in [1.165, 1.54) is 12.1 Å². The maximum Gasteiger partial charge on any atom is 0.225 e. The van der Waals surface area contributed by atoms with Crippen LogP contribution >= 0.6 is 0 Å². The molecule has 1 aromatic carbocycles. The van der Waals surface area contributed by atoms with Crippen molar-refractivity contribution in [2.24, 2.45) is 0 Å². The van der Waals surface area contributed by atoms with Gasteiger partial charge in [-0.2, -0.15) is 4.98 Å². The minimum atomic E-state index is -0.252. The summed E-state index contributed by atoms with van der Waals surface area (Å²) in [6.07, 6.45) is 3.22. The van der Waals surface area contributed by atoms with Gasteiger partial charge in [0.2, 0.25) is 5.95 Å². The van der Waals surface area contributed by atoms with Crippen LogP contribution in [0.5, 0.6) is 0 Å². The molecule has 0 aliphatic carbocycles. The molecule has 0 saturated heterocycles. The van der Waals surface area contributed by atoms with Gasteiger partial charge in [0.25, 0.3) is 0 Å².